The van der Waals surface area contributed by atoms with E-state index >= 15 is 0 Å². The molecule has 0 bridgehead atoms. The first-order valence-corrected chi connectivity index (χ1v) is 7.51. The molecule has 0 spiro atoms. The van der Waals surface area contributed by atoms with E-state index in [1.807, 2.05) is 0 Å². The Hall–Kier alpha value is -1.16. The molecular weight excluding hydrogens is 274 g/mol. The van der Waals surface area contributed by atoms with Crippen molar-refractivity contribution in [2.45, 2.75) is 68.9 Å². The average Bonchev–Trinajstić information content (AvgIpc) is 2.88. The SMILES string of the molecule is COC(=O)CCC1CC2(CO)O[C@@H](CCC#N)CC[C@@H]2O1. The third-order valence-corrected chi connectivity index (χ3v) is 4.41. The number of carbonyl (C=O) groups is 1. The average molecular weight is 297 g/mol. The summed E-state index contributed by atoms with van der Waals surface area (Å²) in [5.41, 5.74) is -0.668. The summed E-state index contributed by atoms with van der Waals surface area (Å²) in [6, 6.07) is 2.13. The van der Waals surface area contributed by atoms with Gasteiger partial charge in [0, 0.05) is 19.3 Å². The van der Waals surface area contributed by atoms with Crippen molar-refractivity contribution in [2.24, 2.45) is 0 Å². The number of fused-ring (bicyclic) bond motifs is 1. The molecule has 0 saturated carbocycles. The zero-order valence-electron chi connectivity index (χ0n) is 12.4. The fourth-order valence-electron chi connectivity index (χ4n) is 3.29. The first-order chi connectivity index (χ1) is 10.1. The minimum Gasteiger partial charge on any atom is -0.469 e. The van der Waals surface area contributed by atoms with E-state index in [-0.39, 0.29) is 30.9 Å². The van der Waals surface area contributed by atoms with E-state index in [0.717, 1.165) is 12.8 Å². The van der Waals surface area contributed by atoms with Gasteiger partial charge in [-0.1, -0.05) is 0 Å². The quantitative estimate of drug-likeness (QED) is 0.744. The van der Waals surface area contributed by atoms with Crippen LogP contribution < -0.4 is 0 Å². The number of hydrogen-bond donors (Lipinski definition) is 1. The van der Waals surface area contributed by atoms with Gasteiger partial charge in [-0.3, -0.25) is 4.79 Å². The first kappa shape index (κ1) is 16.2. The van der Waals surface area contributed by atoms with Crippen LogP contribution in [0.15, 0.2) is 0 Å². The van der Waals surface area contributed by atoms with Gasteiger partial charge in [0.1, 0.15) is 5.60 Å². The van der Waals surface area contributed by atoms with Crippen LogP contribution in [-0.4, -0.2) is 48.7 Å². The number of carbonyl (C=O) groups excluding carboxylic acids is 1. The molecule has 0 amide bonds. The minimum atomic E-state index is -0.668. The van der Waals surface area contributed by atoms with Gasteiger partial charge in [-0.25, -0.2) is 0 Å². The minimum absolute atomic E-state index is 0.0102. The molecule has 0 aromatic heterocycles. The van der Waals surface area contributed by atoms with Gasteiger partial charge in [0.05, 0.1) is 38.1 Å². The highest BCUT2D eigenvalue weighted by Crippen LogP contribution is 2.43. The van der Waals surface area contributed by atoms with Crippen molar-refractivity contribution >= 4 is 5.97 Å². The molecule has 2 fully saturated rings. The normalized spacial score (nSPS) is 35.0. The van der Waals surface area contributed by atoms with E-state index in [4.69, 9.17) is 14.7 Å². The molecule has 0 aliphatic carbocycles. The topological polar surface area (TPSA) is 88.8 Å². The van der Waals surface area contributed by atoms with Gasteiger partial charge in [-0.2, -0.15) is 5.26 Å². The van der Waals surface area contributed by atoms with Crippen LogP contribution >= 0.6 is 0 Å². The molecule has 0 aromatic rings. The highest BCUT2D eigenvalue weighted by atomic mass is 16.6. The lowest BCUT2D eigenvalue weighted by Gasteiger charge is -2.40. The van der Waals surface area contributed by atoms with Crippen molar-refractivity contribution in [3.05, 3.63) is 0 Å². The van der Waals surface area contributed by atoms with Gasteiger partial charge in [-0.15, -0.1) is 0 Å². The van der Waals surface area contributed by atoms with E-state index in [1.54, 1.807) is 0 Å². The van der Waals surface area contributed by atoms with Gasteiger partial charge in [0.15, 0.2) is 0 Å². The fraction of sp³-hybridized carbons (Fsp3) is 0.867. The van der Waals surface area contributed by atoms with Crippen LogP contribution in [0.3, 0.4) is 0 Å². The molecule has 1 N–H and O–H groups in total. The van der Waals surface area contributed by atoms with E-state index in [1.165, 1.54) is 7.11 Å². The number of esters is 1. The smallest absolute Gasteiger partial charge is 0.305 e. The summed E-state index contributed by atoms with van der Waals surface area (Å²) in [5, 5.41) is 18.4. The van der Waals surface area contributed by atoms with Crippen LogP contribution in [0.1, 0.15) is 44.9 Å². The van der Waals surface area contributed by atoms with Gasteiger partial charge in [0.2, 0.25) is 0 Å². The van der Waals surface area contributed by atoms with Crippen LogP contribution in [0.25, 0.3) is 0 Å². The predicted octanol–water partition coefficient (Wildman–Crippen LogP) is 1.31. The monoisotopic (exact) mass is 297 g/mol. The Morgan fingerprint density at radius 2 is 2.24 bits per heavy atom. The number of hydrogen-bond acceptors (Lipinski definition) is 6. The van der Waals surface area contributed by atoms with Crippen LogP contribution in [-0.2, 0) is 19.0 Å². The van der Waals surface area contributed by atoms with Crippen LogP contribution in [0.4, 0.5) is 0 Å². The van der Waals surface area contributed by atoms with Gasteiger partial charge in [-0.05, 0) is 25.7 Å². The van der Waals surface area contributed by atoms with E-state index < -0.39 is 5.60 Å². The van der Waals surface area contributed by atoms with Gasteiger partial charge in [0.25, 0.3) is 0 Å². The Morgan fingerprint density at radius 3 is 2.90 bits per heavy atom. The Morgan fingerprint density at radius 1 is 1.43 bits per heavy atom. The maximum atomic E-state index is 11.2. The Bertz CT molecular complexity index is 407. The molecule has 6 nitrogen and oxygen atoms in total. The highest BCUT2D eigenvalue weighted by Gasteiger charge is 2.52. The Kier molecular flexibility index (Phi) is 5.57. The summed E-state index contributed by atoms with van der Waals surface area (Å²) >= 11 is 0. The number of nitriles is 1. The summed E-state index contributed by atoms with van der Waals surface area (Å²) in [6.07, 6.45) is 4.11. The maximum absolute atomic E-state index is 11.2. The van der Waals surface area contributed by atoms with E-state index in [2.05, 4.69) is 10.8 Å². The molecule has 21 heavy (non-hydrogen) atoms. The number of aliphatic hydroxyl groups excluding tert-OH is 1. The molecule has 2 heterocycles. The molecule has 6 heteroatoms. The second-order valence-electron chi connectivity index (χ2n) is 5.80. The number of nitrogens with zero attached hydrogens (tertiary/aromatic N) is 1. The second-order valence-corrected chi connectivity index (χ2v) is 5.80. The molecule has 4 atom stereocenters. The zero-order valence-corrected chi connectivity index (χ0v) is 12.4. The summed E-state index contributed by atoms with van der Waals surface area (Å²) in [7, 11) is 1.37. The van der Waals surface area contributed by atoms with Gasteiger partial charge < -0.3 is 19.3 Å². The second kappa shape index (κ2) is 7.21. The molecule has 118 valence electrons. The molecular formula is C15H23NO5. The number of rotatable bonds is 6. The first-order valence-electron chi connectivity index (χ1n) is 7.51. The van der Waals surface area contributed by atoms with Crippen LogP contribution in [0.5, 0.6) is 0 Å². The third kappa shape index (κ3) is 3.73. The van der Waals surface area contributed by atoms with E-state index in [9.17, 15) is 9.90 Å². The fourth-order valence-corrected chi connectivity index (χ4v) is 3.29. The van der Waals surface area contributed by atoms with Crippen molar-refractivity contribution in [2.75, 3.05) is 13.7 Å². The maximum Gasteiger partial charge on any atom is 0.305 e. The lowest BCUT2D eigenvalue weighted by atomic mass is 9.86. The molecule has 0 radical (unpaired) electrons. The third-order valence-electron chi connectivity index (χ3n) is 4.41. The van der Waals surface area contributed by atoms with Crippen molar-refractivity contribution in [1.29, 1.82) is 5.26 Å². The lowest BCUT2D eigenvalue weighted by Crippen LogP contribution is -2.51. The highest BCUT2D eigenvalue weighted by molar-refractivity contribution is 5.69. The molecule has 2 rings (SSSR count). The Labute approximate surface area is 125 Å². The summed E-state index contributed by atoms with van der Waals surface area (Å²) in [5.74, 6) is -0.251. The van der Waals surface area contributed by atoms with Crippen molar-refractivity contribution in [3.8, 4) is 6.07 Å². The zero-order chi connectivity index (χ0) is 15.3. The number of ether oxygens (including phenoxy) is 3. The standard InChI is InChI=1S/C15H23NO5/c1-19-14(18)7-5-12-9-15(10-17)13(20-12)6-4-11(21-15)3-2-8-16/h11-13,17H,2-7,9-10H2,1H3/t11-,12?,13-,15?/m0/s1. The molecule has 2 aliphatic heterocycles. The summed E-state index contributed by atoms with van der Waals surface area (Å²) < 4.78 is 16.7. The molecule has 0 aromatic carbocycles. The Balaban J connectivity index is 1.92. The van der Waals surface area contributed by atoms with Gasteiger partial charge >= 0.3 is 5.97 Å². The largest absolute Gasteiger partial charge is 0.469 e. The van der Waals surface area contributed by atoms with Crippen molar-refractivity contribution in [1.82, 2.24) is 0 Å². The number of aliphatic hydroxyl groups is 1. The van der Waals surface area contributed by atoms with Crippen molar-refractivity contribution in [3.63, 3.8) is 0 Å². The molecule has 2 unspecified atom stereocenters. The van der Waals surface area contributed by atoms with Crippen LogP contribution in [0, 0.1) is 11.3 Å². The molecule has 2 aliphatic rings. The van der Waals surface area contributed by atoms with Crippen molar-refractivity contribution < 1.29 is 24.1 Å². The lowest BCUT2D eigenvalue weighted by molar-refractivity contribution is -0.183. The van der Waals surface area contributed by atoms with E-state index in [0.29, 0.717) is 32.1 Å². The summed E-state index contributed by atoms with van der Waals surface area (Å²) in [6.45, 7) is -0.0879. The number of methoxy groups -OCH3 is 1. The van der Waals surface area contributed by atoms with Crippen LogP contribution in [0.2, 0.25) is 0 Å². The molecule has 2 saturated heterocycles. The summed E-state index contributed by atoms with van der Waals surface area (Å²) in [4.78, 5) is 11.2. The predicted molar refractivity (Wildman–Crippen MR) is 73.3 cm³/mol.